The highest BCUT2D eigenvalue weighted by Gasteiger charge is 2.26. The molecule has 0 saturated carbocycles. The summed E-state index contributed by atoms with van der Waals surface area (Å²) in [4.78, 5) is 37.4. The molecule has 2 rings (SSSR count). The summed E-state index contributed by atoms with van der Waals surface area (Å²) in [6.07, 6.45) is 3.34. The van der Waals surface area contributed by atoms with Crippen LogP contribution in [0.4, 0.5) is 5.69 Å². The number of carbonyl (C=O) groups excluding carboxylic acids is 3. The third-order valence-electron chi connectivity index (χ3n) is 4.18. The standard InChI is InChI=1S/C19H24N2O4/c1-3-13-25-19(24)15-5-7-16(8-6-15)20-18(23)14-9-11-21(12-10-14)17(22)4-2/h4-8,14H,2-3,9-13H2,1H3,(H,20,23). The number of anilines is 1. The molecular weight excluding hydrogens is 320 g/mol. The zero-order chi connectivity index (χ0) is 18.2. The average molecular weight is 344 g/mol. The number of nitrogens with zero attached hydrogens (tertiary/aromatic N) is 1. The molecule has 1 saturated heterocycles. The minimum atomic E-state index is -0.362. The van der Waals surface area contributed by atoms with Crippen molar-refractivity contribution in [2.45, 2.75) is 26.2 Å². The quantitative estimate of drug-likeness (QED) is 0.636. The molecule has 134 valence electrons. The van der Waals surface area contributed by atoms with Crippen LogP contribution < -0.4 is 5.32 Å². The fourth-order valence-electron chi connectivity index (χ4n) is 2.70. The lowest BCUT2D eigenvalue weighted by Crippen LogP contribution is -2.40. The van der Waals surface area contributed by atoms with Crippen LogP contribution in [0.25, 0.3) is 0 Å². The first-order chi connectivity index (χ1) is 12.0. The number of benzene rings is 1. The number of likely N-dealkylation sites (tertiary alicyclic amines) is 1. The second-order valence-corrected chi connectivity index (χ2v) is 6.01. The van der Waals surface area contributed by atoms with Crippen molar-refractivity contribution in [2.75, 3.05) is 25.0 Å². The maximum Gasteiger partial charge on any atom is 0.338 e. The summed E-state index contributed by atoms with van der Waals surface area (Å²) < 4.78 is 5.07. The van der Waals surface area contributed by atoms with E-state index < -0.39 is 0 Å². The van der Waals surface area contributed by atoms with E-state index in [2.05, 4.69) is 11.9 Å². The largest absolute Gasteiger partial charge is 0.462 e. The second kappa shape index (κ2) is 9.01. The number of nitrogens with one attached hydrogen (secondary N) is 1. The van der Waals surface area contributed by atoms with Gasteiger partial charge in [-0.15, -0.1) is 0 Å². The van der Waals surface area contributed by atoms with Gasteiger partial charge in [-0.25, -0.2) is 4.79 Å². The average Bonchev–Trinajstić information content (AvgIpc) is 2.66. The van der Waals surface area contributed by atoms with Gasteiger partial charge in [-0.05, 0) is 49.6 Å². The third kappa shape index (κ3) is 5.17. The first kappa shape index (κ1) is 18.7. The molecule has 0 spiro atoms. The summed E-state index contributed by atoms with van der Waals surface area (Å²) >= 11 is 0. The Kier molecular flexibility index (Phi) is 6.74. The van der Waals surface area contributed by atoms with Gasteiger partial charge in [0.05, 0.1) is 12.2 Å². The summed E-state index contributed by atoms with van der Waals surface area (Å²) in [5, 5.41) is 2.86. The van der Waals surface area contributed by atoms with Gasteiger partial charge in [0.2, 0.25) is 11.8 Å². The normalized spacial score (nSPS) is 14.7. The summed E-state index contributed by atoms with van der Waals surface area (Å²) in [5.74, 6) is -0.640. The highest BCUT2D eigenvalue weighted by atomic mass is 16.5. The van der Waals surface area contributed by atoms with Gasteiger partial charge in [-0.2, -0.15) is 0 Å². The molecule has 0 aromatic heterocycles. The summed E-state index contributed by atoms with van der Waals surface area (Å²) in [5.41, 5.74) is 1.10. The molecule has 0 radical (unpaired) electrons. The lowest BCUT2D eigenvalue weighted by Gasteiger charge is -2.30. The maximum atomic E-state index is 12.3. The highest BCUT2D eigenvalue weighted by molar-refractivity contribution is 5.94. The Labute approximate surface area is 147 Å². The van der Waals surface area contributed by atoms with Gasteiger partial charge in [-0.1, -0.05) is 13.5 Å². The topological polar surface area (TPSA) is 75.7 Å². The Morgan fingerprint density at radius 3 is 2.44 bits per heavy atom. The number of hydrogen-bond acceptors (Lipinski definition) is 4. The van der Waals surface area contributed by atoms with Crippen molar-refractivity contribution >= 4 is 23.5 Å². The second-order valence-electron chi connectivity index (χ2n) is 6.01. The van der Waals surface area contributed by atoms with Crippen molar-refractivity contribution in [1.82, 2.24) is 4.90 Å². The monoisotopic (exact) mass is 344 g/mol. The summed E-state index contributed by atoms with van der Waals surface area (Å²) in [6.45, 7) is 6.93. The molecule has 6 nitrogen and oxygen atoms in total. The highest BCUT2D eigenvalue weighted by Crippen LogP contribution is 2.20. The molecule has 1 N–H and O–H groups in total. The number of amides is 2. The number of piperidine rings is 1. The van der Waals surface area contributed by atoms with E-state index in [4.69, 9.17) is 4.74 Å². The van der Waals surface area contributed by atoms with E-state index in [1.807, 2.05) is 6.92 Å². The number of hydrogen-bond donors (Lipinski definition) is 1. The minimum Gasteiger partial charge on any atom is -0.462 e. The fraction of sp³-hybridized carbons (Fsp3) is 0.421. The van der Waals surface area contributed by atoms with E-state index in [1.165, 1.54) is 6.08 Å². The predicted molar refractivity (Wildman–Crippen MR) is 95.1 cm³/mol. The number of esters is 1. The molecule has 1 fully saturated rings. The lowest BCUT2D eigenvalue weighted by molar-refractivity contribution is -0.130. The van der Waals surface area contributed by atoms with Crippen LogP contribution in [-0.4, -0.2) is 42.4 Å². The SMILES string of the molecule is C=CC(=O)N1CCC(C(=O)Nc2ccc(C(=O)OCCC)cc2)CC1. The van der Waals surface area contributed by atoms with Gasteiger partial charge < -0.3 is 15.0 Å². The van der Waals surface area contributed by atoms with Crippen LogP contribution in [0.1, 0.15) is 36.5 Å². The first-order valence-corrected chi connectivity index (χ1v) is 8.54. The summed E-state index contributed by atoms with van der Waals surface area (Å²) in [7, 11) is 0. The van der Waals surface area contributed by atoms with E-state index in [0.29, 0.717) is 43.8 Å². The van der Waals surface area contributed by atoms with E-state index in [1.54, 1.807) is 29.2 Å². The van der Waals surface area contributed by atoms with Crippen molar-refractivity contribution in [1.29, 1.82) is 0 Å². The molecule has 0 bridgehead atoms. The molecule has 2 amide bonds. The van der Waals surface area contributed by atoms with Gasteiger partial charge in [-0.3, -0.25) is 9.59 Å². The smallest absolute Gasteiger partial charge is 0.338 e. The maximum absolute atomic E-state index is 12.3. The number of ether oxygens (including phenoxy) is 1. The minimum absolute atomic E-state index is 0.0630. The van der Waals surface area contributed by atoms with Crippen molar-refractivity contribution in [3.8, 4) is 0 Å². The molecular formula is C19H24N2O4. The van der Waals surface area contributed by atoms with Crippen molar-refractivity contribution in [3.63, 3.8) is 0 Å². The van der Waals surface area contributed by atoms with Crippen LogP contribution in [0.5, 0.6) is 0 Å². The van der Waals surface area contributed by atoms with Gasteiger partial charge in [0.15, 0.2) is 0 Å². The summed E-state index contributed by atoms with van der Waals surface area (Å²) in [6, 6.07) is 6.66. The lowest BCUT2D eigenvalue weighted by atomic mass is 9.95. The molecule has 1 aromatic carbocycles. The third-order valence-corrected chi connectivity index (χ3v) is 4.18. The van der Waals surface area contributed by atoms with Crippen LogP contribution >= 0.6 is 0 Å². The van der Waals surface area contributed by atoms with Crippen molar-refractivity contribution in [2.24, 2.45) is 5.92 Å². The van der Waals surface area contributed by atoms with Crippen LogP contribution in [0.3, 0.4) is 0 Å². The van der Waals surface area contributed by atoms with Crippen molar-refractivity contribution < 1.29 is 19.1 Å². The van der Waals surface area contributed by atoms with E-state index in [9.17, 15) is 14.4 Å². The van der Waals surface area contributed by atoms with Gasteiger partial charge in [0, 0.05) is 24.7 Å². The molecule has 1 aromatic rings. The van der Waals surface area contributed by atoms with Crippen LogP contribution in [0.15, 0.2) is 36.9 Å². The Hall–Kier alpha value is -2.63. The Morgan fingerprint density at radius 1 is 1.24 bits per heavy atom. The fourth-order valence-corrected chi connectivity index (χ4v) is 2.70. The van der Waals surface area contributed by atoms with Crippen LogP contribution in [-0.2, 0) is 14.3 Å². The predicted octanol–water partition coefficient (Wildman–Crippen LogP) is 2.62. The Morgan fingerprint density at radius 2 is 1.88 bits per heavy atom. The van der Waals surface area contributed by atoms with Gasteiger partial charge in [0.1, 0.15) is 0 Å². The van der Waals surface area contributed by atoms with Crippen molar-refractivity contribution in [3.05, 3.63) is 42.5 Å². The molecule has 0 atom stereocenters. The van der Waals surface area contributed by atoms with Crippen LogP contribution in [0.2, 0.25) is 0 Å². The van der Waals surface area contributed by atoms with E-state index in [0.717, 1.165) is 6.42 Å². The zero-order valence-electron chi connectivity index (χ0n) is 14.5. The van der Waals surface area contributed by atoms with Crippen LogP contribution in [0, 0.1) is 5.92 Å². The molecule has 1 aliphatic rings. The van der Waals surface area contributed by atoms with Gasteiger partial charge >= 0.3 is 5.97 Å². The molecule has 1 aliphatic heterocycles. The molecule has 25 heavy (non-hydrogen) atoms. The van der Waals surface area contributed by atoms with Gasteiger partial charge in [0.25, 0.3) is 0 Å². The van der Waals surface area contributed by atoms with E-state index in [-0.39, 0.29) is 23.7 Å². The first-order valence-electron chi connectivity index (χ1n) is 8.54. The molecule has 6 heteroatoms. The Bertz CT molecular complexity index is 631. The molecule has 0 unspecified atom stereocenters. The number of carbonyl (C=O) groups is 3. The molecule has 1 heterocycles. The zero-order valence-corrected chi connectivity index (χ0v) is 14.5. The number of rotatable bonds is 6. The Balaban J connectivity index is 1.86. The molecule has 0 aliphatic carbocycles. The van der Waals surface area contributed by atoms with E-state index >= 15 is 0 Å².